The molecule has 0 amide bonds. The number of nitrogens with two attached hydrogens (primary N) is 1. The highest BCUT2D eigenvalue weighted by Crippen LogP contribution is 2.48. The number of nitrogens with zero attached hydrogens (tertiary/aromatic N) is 4. The second kappa shape index (κ2) is 8.48. The van der Waals surface area contributed by atoms with Crippen molar-refractivity contribution >= 4 is 33.3 Å². The molecule has 2 aromatic heterocycles. The van der Waals surface area contributed by atoms with Gasteiger partial charge in [0.2, 0.25) is 5.43 Å². The summed E-state index contributed by atoms with van der Waals surface area (Å²) >= 11 is 0. The molecule has 2 aliphatic rings. The normalized spacial score (nSPS) is 16.1. The lowest BCUT2D eigenvalue weighted by Crippen LogP contribution is -2.29. The molecule has 0 saturated carbocycles. The van der Waals surface area contributed by atoms with Gasteiger partial charge in [0.1, 0.15) is 23.1 Å². The fourth-order valence-electron chi connectivity index (χ4n) is 5.69. The number of hydrogen-bond acceptors (Lipinski definition) is 7. The third kappa shape index (κ3) is 3.42. The van der Waals surface area contributed by atoms with Crippen molar-refractivity contribution in [2.45, 2.75) is 26.0 Å². The lowest BCUT2D eigenvalue weighted by molar-refractivity contribution is 0.0949. The quantitative estimate of drug-likeness (QED) is 0.363. The van der Waals surface area contributed by atoms with Crippen LogP contribution < -0.4 is 20.8 Å². The lowest BCUT2D eigenvalue weighted by atomic mass is 10.0. The maximum absolute atomic E-state index is 15.8. The predicted octanol–water partition coefficient (Wildman–Crippen LogP) is 3.61. The van der Waals surface area contributed by atoms with Gasteiger partial charge in [-0.15, -0.1) is 0 Å². The molecule has 1 saturated heterocycles. The Morgan fingerprint density at radius 3 is 2.72 bits per heavy atom. The average Bonchev–Trinajstić information content (AvgIpc) is 3.53. The number of aromatic nitrogens is 3. The Morgan fingerprint density at radius 2 is 2.00 bits per heavy atom. The monoisotopic (exact) mass is 525 g/mol. The largest absolute Gasteiger partial charge is 0.451 e. The molecule has 0 radical (unpaired) electrons. The van der Waals surface area contributed by atoms with Crippen LogP contribution in [0.1, 0.15) is 28.2 Å². The van der Waals surface area contributed by atoms with Crippen molar-refractivity contribution in [3.63, 3.8) is 0 Å². The molecule has 196 valence electrons. The number of anilines is 1. The minimum absolute atomic E-state index is 0.0155. The van der Waals surface area contributed by atoms with E-state index in [-0.39, 0.29) is 34.1 Å². The second-order valence-corrected chi connectivity index (χ2v) is 10.0. The van der Waals surface area contributed by atoms with Crippen molar-refractivity contribution in [2.75, 3.05) is 18.0 Å². The van der Waals surface area contributed by atoms with Crippen LogP contribution in [0, 0.1) is 12.7 Å². The molecule has 1 fully saturated rings. The summed E-state index contributed by atoms with van der Waals surface area (Å²) in [6.07, 6.45) is 3.45. The number of aryl methyl sites for hydroxylation is 1. The minimum atomic E-state index is -0.666. The number of pyridine rings is 1. The van der Waals surface area contributed by atoms with Crippen LogP contribution in [-0.4, -0.2) is 44.3 Å². The van der Waals surface area contributed by atoms with Crippen LogP contribution in [-0.2, 0) is 6.61 Å². The van der Waals surface area contributed by atoms with E-state index in [0.29, 0.717) is 42.2 Å². The van der Waals surface area contributed by atoms with Crippen molar-refractivity contribution in [1.29, 1.82) is 0 Å². The summed E-state index contributed by atoms with van der Waals surface area (Å²) in [5.41, 5.74) is 7.29. The van der Waals surface area contributed by atoms with Gasteiger partial charge in [0, 0.05) is 25.3 Å². The molecular formula is C29H24FN5O4. The Morgan fingerprint density at radius 1 is 1.23 bits per heavy atom. The van der Waals surface area contributed by atoms with Crippen molar-refractivity contribution in [3.05, 3.63) is 88.0 Å². The highest BCUT2D eigenvalue weighted by molar-refractivity contribution is 6.03. The Bertz CT molecular complexity index is 1910. The van der Waals surface area contributed by atoms with Crippen LogP contribution in [0.4, 0.5) is 10.1 Å². The summed E-state index contributed by atoms with van der Waals surface area (Å²) in [4.78, 5) is 33.4. The highest BCUT2D eigenvalue weighted by Gasteiger charge is 2.33. The van der Waals surface area contributed by atoms with Gasteiger partial charge in [-0.2, -0.15) is 0 Å². The average molecular weight is 526 g/mol. The molecule has 10 heteroatoms. The zero-order chi connectivity index (χ0) is 27.0. The molecule has 5 aromatic rings. The lowest BCUT2D eigenvalue weighted by Gasteiger charge is -2.29. The molecule has 1 atom stereocenters. The van der Waals surface area contributed by atoms with Gasteiger partial charge in [-0.05, 0) is 42.3 Å². The highest BCUT2D eigenvalue weighted by atomic mass is 19.1. The Labute approximate surface area is 221 Å². The summed E-state index contributed by atoms with van der Waals surface area (Å²) in [7, 11) is 0. The van der Waals surface area contributed by atoms with E-state index in [4.69, 9.17) is 10.5 Å². The number of aliphatic hydroxyl groups is 1. The van der Waals surface area contributed by atoms with Crippen molar-refractivity contribution in [3.8, 4) is 17.2 Å². The standard InChI is InChI=1S/C29H24FN5O4/c1-15-23(13-36)35(14-32-15)29(38)20-12-34-22-8-16-4-2-3-5-17(16)9-24(22)39-28-25(34)19(27(20)37)10-21(30)26(28)33-7-6-18(31)11-33/h2-5,8-10,12,14,18,36H,6-7,11,13,31H2,1H3. The van der Waals surface area contributed by atoms with E-state index in [0.717, 1.165) is 15.3 Å². The molecule has 1 unspecified atom stereocenters. The number of imidazole rings is 1. The van der Waals surface area contributed by atoms with E-state index in [1.54, 1.807) is 11.5 Å². The first-order chi connectivity index (χ1) is 18.9. The number of halogens is 1. The van der Waals surface area contributed by atoms with Crippen molar-refractivity contribution < 1.29 is 19.0 Å². The summed E-state index contributed by atoms with van der Waals surface area (Å²) in [6, 6.07) is 12.6. The zero-order valence-electron chi connectivity index (χ0n) is 21.0. The fourth-order valence-corrected chi connectivity index (χ4v) is 5.69. The molecule has 0 bridgehead atoms. The van der Waals surface area contributed by atoms with Gasteiger partial charge in [0.25, 0.3) is 5.91 Å². The number of carbonyl (C=O) groups excluding carboxylic acids is 1. The van der Waals surface area contributed by atoms with Crippen LogP contribution in [0.25, 0.3) is 27.4 Å². The van der Waals surface area contributed by atoms with Crippen LogP contribution in [0.5, 0.6) is 11.5 Å². The number of fused-ring (bicyclic) bond motifs is 3. The molecule has 7 rings (SSSR count). The van der Waals surface area contributed by atoms with Crippen LogP contribution >= 0.6 is 0 Å². The molecule has 3 N–H and O–H groups in total. The summed E-state index contributed by atoms with van der Waals surface area (Å²) < 4.78 is 25.1. The predicted molar refractivity (Wildman–Crippen MR) is 145 cm³/mol. The maximum Gasteiger partial charge on any atom is 0.268 e. The van der Waals surface area contributed by atoms with Gasteiger partial charge in [0.15, 0.2) is 17.3 Å². The van der Waals surface area contributed by atoms with Crippen LogP contribution in [0.3, 0.4) is 0 Å². The Hall–Kier alpha value is -4.54. The Kier molecular flexibility index (Phi) is 5.13. The second-order valence-electron chi connectivity index (χ2n) is 10.0. The van der Waals surface area contributed by atoms with Gasteiger partial charge in [-0.1, -0.05) is 24.3 Å². The first kappa shape index (κ1) is 23.6. The van der Waals surface area contributed by atoms with Gasteiger partial charge in [-0.3, -0.25) is 14.2 Å². The van der Waals surface area contributed by atoms with E-state index < -0.39 is 23.8 Å². The number of rotatable bonds is 3. The number of benzene rings is 3. The number of aliphatic hydroxyl groups excluding tert-OH is 1. The van der Waals surface area contributed by atoms with Gasteiger partial charge in [0.05, 0.1) is 29.1 Å². The first-order valence-corrected chi connectivity index (χ1v) is 12.7. The molecule has 0 spiro atoms. The maximum atomic E-state index is 15.8. The van der Waals surface area contributed by atoms with Gasteiger partial charge in [-0.25, -0.2) is 9.37 Å². The minimum Gasteiger partial charge on any atom is -0.451 e. The zero-order valence-corrected chi connectivity index (χ0v) is 21.0. The molecular weight excluding hydrogens is 501 g/mol. The number of hydrogen-bond donors (Lipinski definition) is 2. The van der Waals surface area contributed by atoms with E-state index in [1.165, 1.54) is 18.6 Å². The van der Waals surface area contributed by atoms with E-state index in [2.05, 4.69) is 4.98 Å². The van der Waals surface area contributed by atoms with E-state index >= 15 is 4.39 Å². The summed E-state index contributed by atoms with van der Waals surface area (Å²) in [5.74, 6) is -0.610. The third-order valence-electron chi connectivity index (χ3n) is 7.68. The van der Waals surface area contributed by atoms with E-state index in [1.807, 2.05) is 41.3 Å². The number of carbonyl (C=O) groups is 1. The molecule has 2 aliphatic heterocycles. The first-order valence-electron chi connectivity index (χ1n) is 12.7. The fraction of sp³-hybridized carbons (Fsp3) is 0.207. The van der Waals surface area contributed by atoms with Crippen molar-refractivity contribution in [1.82, 2.24) is 14.1 Å². The SMILES string of the molecule is Cc1ncn(C(=O)c2cn3c4c(c(N5CCC(N)C5)c(F)cc4c2=O)Oc2cc4ccccc4cc2-3)c1CO. The third-order valence-corrected chi connectivity index (χ3v) is 7.68. The van der Waals surface area contributed by atoms with Gasteiger partial charge >= 0.3 is 0 Å². The molecule has 3 aromatic carbocycles. The number of ether oxygens (including phenoxy) is 1. The van der Waals surface area contributed by atoms with Crippen molar-refractivity contribution in [2.24, 2.45) is 5.73 Å². The topological polar surface area (TPSA) is 116 Å². The molecule has 39 heavy (non-hydrogen) atoms. The molecule has 9 nitrogen and oxygen atoms in total. The van der Waals surface area contributed by atoms with E-state index in [9.17, 15) is 14.7 Å². The van der Waals surface area contributed by atoms with Crippen LogP contribution in [0.2, 0.25) is 0 Å². The molecule has 4 heterocycles. The summed E-state index contributed by atoms with van der Waals surface area (Å²) in [5, 5.41) is 11.7. The smallest absolute Gasteiger partial charge is 0.268 e. The van der Waals surface area contributed by atoms with Crippen LogP contribution in [0.15, 0.2) is 59.8 Å². The van der Waals surface area contributed by atoms with Gasteiger partial charge < -0.3 is 25.0 Å². The Balaban J connectivity index is 1.56. The molecule has 0 aliphatic carbocycles. The summed E-state index contributed by atoms with van der Waals surface area (Å²) in [6.45, 7) is 2.24.